The highest BCUT2D eigenvalue weighted by atomic mass is 16.6. The van der Waals surface area contributed by atoms with Crippen molar-refractivity contribution in [3.63, 3.8) is 0 Å². The Kier molecular flexibility index (Phi) is 4.22. The first kappa shape index (κ1) is 15.8. The summed E-state index contributed by atoms with van der Waals surface area (Å²) in [6, 6.07) is 17.8. The van der Waals surface area contributed by atoms with Crippen LogP contribution in [0.1, 0.15) is 18.4 Å². The number of fused-ring (bicyclic) bond motifs is 1. The summed E-state index contributed by atoms with van der Waals surface area (Å²) in [7, 11) is 0. The molecule has 0 radical (unpaired) electrons. The molecule has 1 fully saturated rings. The zero-order valence-electron chi connectivity index (χ0n) is 14.0. The van der Waals surface area contributed by atoms with Crippen LogP contribution >= 0.6 is 0 Å². The van der Waals surface area contributed by atoms with E-state index in [2.05, 4.69) is 22.8 Å². The van der Waals surface area contributed by atoms with E-state index in [1.165, 1.54) is 5.56 Å². The Balaban J connectivity index is 1.24. The lowest BCUT2D eigenvalue weighted by molar-refractivity contribution is 0.0918. The van der Waals surface area contributed by atoms with Crippen LogP contribution in [-0.4, -0.2) is 31.8 Å². The smallest absolute Gasteiger partial charge is 0.314 e. The molecule has 0 bridgehead atoms. The van der Waals surface area contributed by atoms with E-state index in [0.717, 1.165) is 24.3 Å². The minimum atomic E-state index is -0.176. The van der Waals surface area contributed by atoms with Crippen molar-refractivity contribution in [2.75, 3.05) is 19.7 Å². The summed E-state index contributed by atoms with van der Waals surface area (Å²) < 4.78 is 11.5. The largest absolute Gasteiger partial charge is 0.486 e. The number of hydrogen-bond donors (Lipinski definition) is 2. The molecule has 0 saturated heterocycles. The van der Waals surface area contributed by atoms with Gasteiger partial charge in [-0.05, 0) is 30.5 Å². The fourth-order valence-electron chi connectivity index (χ4n) is 3.19. The second-order valence-electron chi connectivity index (χ2n) is 6.71. The summed E-state index contributed by atoms with van der Waals surface area (Å²) in [6.07, 6.45) is 2.06. The van der Waals surface area contributed by atoms with Crippen LogP contribution < -0.4 is 20.1 Å². The van der Waals surface area contributed by atoms with Gasteiger partial charge < -0.3 is 20.1 Å². The van der Waals surface area contributed by atoms with Crippen molar-refractivity contribution in [1.82, 2.24) is 10.6 Å². The van der Waals surface area contributed by atoms with Crippen molar-refractivity contribution >= 4 is 6.03 Å². The van der Waals surface area contributed by atoms with Gasteiger partial charge in [-0.1, -0.05) is 42.5 Å². The summed E-state index contributed by atoms with van der Waals surface area (Å²) in [5.41, 5.74) is 1.41. The fraction of sp³-hybridized carbons (Fsp3) is 0.350. The summed E-state index contributed by atoms with van der Waals surface area (Å²) in [4.78, 5) is 12.1. The molecule has 130 valence electrons. The van der Waals surface area contributed by atoms with Crippen LogP contribution in [0.4, 0.5) is 4.79 Å². The molecule has 2 aromatic rings. The van der Waals surface area contributed by atoms with Gasteiger partial charge in [0.05, 0.1) is 6.54 Å². The van der Waals surface area contributed by atoms with Crippen molar-refractivity contribution in [3.8, 4) is 11.5 Å². The van der Waals surface area contributed by atoms with Crippen molar-refractivity contribution in [2.45, 2.75) is 24.4 Å². The molecule has 5 heteroatoms. The van der Waals surface area contributed by atoms with Crippen LogP contribution in [0.15, 0.2) is 54.6 Å². The minimum Gasteiger partial charge on any atom is -0.486 e. The Morgan fingerprint density at radius 1 is 1.00 bits per heavy atom. The van der Waals surface area contributed by atoms with Crippen molar-refractivity contribution < 1.29 is 14.3 Å². The molecule has 0 spiro atoms. The highest BCUT2D eigenvalue weighted by Gasteiger charge is 2.44. The number of carbonyl (C=O) groups excluding carboxylic acids is 1. The summed E-state index contributed by atoms with van der Waals surface area (Å²) in [5.74, 6) is 1.48. The number of nitrogens with one attached hydrogen (secondary N) is 2. The number of hydrogen-bond acceptors (Lipinski definition) is 3. The molecule has 1 aliphatic carbocycles. The molecule has 2 aliphatic rings. The third kappa shape index (κ3) is 3.55. The number of para-hydroxylation sites is 2. The van der Waals surface area contributed by atoms with Gasteiger partial charge >= 0.3 is 6.03 Å². The predicted molar refractivity (Wildman–Crippen MR) is 95.1 cm³/mol. The maximum absolute atomic E-state index is 12.1. The molecule has 0 aromatic heterocycles. The Morgan fingerprint density at radius 2 is 1.72 bits per heavy atom. The fourth-order valence-corrected chi connectivity index (χ4v) is 3.19. The molecule has 2 N–H and O–H groups in total. The Morgan fingerprint density at radius 3 is 2.48 bits per heavy atom. The molecule has 4 rings (SSSR count). The van der Waals surface area contributed by atoms with Crippen LogP contribution in [0.25, 0.3) is 0 Å². The van der Waals surface area contributed by atoms with Gasteiger partial charge in [-0.15, -0.1) is 0 Å². The molecule has 1 saturated carbocycles. The molecule has 1 heterocycles. The van der Waals surface area contributed by atoms with Gasteiger partial charge in [0.1, 0.15) is 6.61 Å². The Bertz CT molecular complexity index is 744. The number of urea groups is 1. The molecule has 2 aromatic carbocycles. The zero-order chi connectivity index (χ0) is 17.1. The van der Waals surface area contributed by atoms with Gasteiger partial charge in [-0.25, -0.2) is 4.79 Å². The molecule has 1 unspecified atom stereocenters. The SMILES string of the molecule is O=C(NCC1COc2ccccc2O1)NCC1(c2ccccc2)CC1. The van der Waals surface area contributed by atoms with Crippen molar-refractivity contribution in [1.29, 1.82) is 0 Å². The first-order chi connectivity index (χ1) is 12.3. The van der Waals surface area contributed by atoms with Gasteiger partial charge in [0, 0.05) is 12.0 Å². The molecule has 1 atom stereocenters. The highest BCUT2D eigenvalue weighted by Crippen LogP contribution is 2.47. The molecule has 1 aliphatic heterocycles. The zero-order valence-corrected chi connectivity index (χ0v) is 14.0. The van der Waals surface area contributed by atoms with Gasteiger partial charge in [0.2, 0.25) is 0 Å². The Hall–Kier alpha value is -2.69. The lowest BCUT2D eigenvalue weighted by Crippen LogP contribution is -2.46. The van der Waals surface area contributed by atoms with E-state index in [-0.39, 0.29) is 17.6 Å². The van der Waals surface area contributed by atoms with Gasteiger partial charge in [0.15, 0.2) is 17.6 Å². The number of carbonyl (C=O) groups is 1. The first-order valence-corrected chi connectivity index (χ1v) is 8.71. The van der Waals surface area contributed by atoms with Crippen molar-refractivity contribution in [3.05, 3.63) is 60.2 Å². The lowest BCUT2D eigenvalue weighted by Gasteiger charge is -2.26. The lowest BCUT2D eigenvalue weighted by atomic mass is 9.96. The summed E-state index contributed by atoms with van der Waals surface area (Å²) in [5, 5.41) is 5.88. The molecule has 5 nitrogen and oxygen atoms in total. The third-order valence-electron chi connectivity index (χ3n) is 4.88. The first-order valence-electron chi connectivity index (χ1n) is 8.71. The third-order valence-corrected chi connectivity index (χ3v) is 4.88. The molecular formula is C20H22N2O3. The maximum Gasteiger partial charge on any atom is 0.314 e. The second-order valence-corrected chi connectivity index (χ2v) is 6.71. The quantitative estimate of drug-likeness (QED) is 0.881. The van der Waals surface area contributed by atoms with Gasteiger partial charge in [0.25, 0.3) is 0 Å². The summed E-state index contributed by atoms with van der Waals surface area (Å²) >= 11 is 0. The van der Waals surface area contributed by atoms with E-state index in [1.807, 2.05) is 42.5 Å². The second kappa shape index (κ2) is 6.67. The molecule has 2 amide bonds. The monoisotopic (exact) mass is 338 g/mol. The van der Waals surface area contributed by atoms with E-state index in [4.69, 9.17) is 9.47 Å². The number of ether oxygens (including phenoxy) is 2. The highest BCUT2D eigenvalue weighted by molar-refractivity contribution is 5.74. The molecule has 25 heavy (non-hydrogen) atoms. The average Bonchev–Trinajstić information content (AvgIpc) is 3.46. The average molecular weight is 338 g/mol. The van der Waals surface area contributed by atoms with Crippen LogP contribution in [-0.2, 0) is 5.41 Å². The van der Waals surface area contributed by atoms with Crippen LogP contribution in [0.3, 0.4) is 0 Å². The van der Waals surface area contributed by atoms with E-state index in [1.54, 1.807) is 0 Å². The van der Waals surface area contributed by atoms with E-state index < -0.39 is 0 Å². The van der Waals surface area contributed by atoms with Crippen LogP contribution in [0.2, 0.25) is 0 Å². The minimum absolute atomic E-state index is 0.113. The number of rotatable bonds is 5. The predicted octanol–water partition coefficient (Wildman–Crippen LogP) is 2.86. The van der Waals surface area contributed by atoms with E-state index in [9.17, 15) is 4.79 Å². The van der Waals surface area contributed by atoms with E-state index >= 15 is 0 Å². The summed E-state index contributed by atoms with van der Waals surface area (Å²) in [6.45, 7) is 1.51. The van der Waals surface area contributed by atoms with Crippen molar-refractivity contribution in [2.24, 2.45) is 0 Å². The van der Waals surface area contributed by atoms with E-state index in [0.29, 0.717) is 19.7 Å². The Labute approximate surface area is 147 Å². The van der Waals surface area contributed by atoms with Crippen LogP contribution in [0.5, 0.6) is 11.5 Å². The standard InChI is InChI=1S/C20H22N2O3/c23-19(22-14-20(10-11-20)15-6-2-1-3-7-15)21-12-16-13-24-17-8-4-5-9-18(17)25-16/h1-9,16H,10-14H2,(H2,21,22,23). The van der Waals surface area contributed by atoms with Gasteiger partial charge in [-0.3, -0.25) is 0 Å². The number of benzene rings is 2. The molecular weight excluding hydrogens is 316 g/mol. The number of amides is 2. The van der Waals surface area contributed by atoms with Crippen LogP contribution in [0, 0.1) is 0 Å². The topological polar surface area (TPSA) is 59.6 Å². The van der Waals surface area contributed by atoms with Gasteiger partial charge in [-0.2, -0.15) is 0 Å². The maximum atomic E-state index is 12.1. The normalized spacial score (nSPS) is 19.8.